The molecule has 0 aliphatic carbocycles. The van der Waals surface area contributed by atoms with Gasteiger partial charge in [0, 0.05) is 39.3 Å². The van der Waals surface area contributed by atoms with E-state index >= 15 is 0 Å². The molecule has 3 heterocycles. The van der Waals surface area contributed by atoms with Gasteiger partial charge in [-0.05, 0) is 25.0 Å². The lowest BCUT2D eigenvalue weighted by Gasteiger charge is -2.39. The fraction of sp³-hybridized carbons (Fsp3) is 0.429. The predicted octanol–water partition coefficient (Wildman–Crippen LogP) is 2.15. The molecule has 6 nitrogen and oxygen atoms in total. The van der Waals surface area contributed by atoms with Crippen LogP contribution in [0.4, 0.5) is 0 Å². The molecule has 2 aromatic rings. The van der Waals surface area contributed by atoms with Crippen molar-refractivity contribution in [1.82, 2.24) is 14.7 Å². The number of nitrogens with zero attached hydrogens (tertiary/aromatic N) is 3. The lowest BCUT2D eigenvalue weighted by molar-refractivity contribution is -0.142. The Hall–Kier alpha value is -2.60. The number of piperazine rings is 1. The first-order valence-corrected chi connectivity index (χ1v) is 9.53. The SMILES string of the molecule is Cc1occc1C(=O)N1CCC2C(=O)N(Cc3ccccc3)CCN2CC1. The summed E-state index contributed by atoms with van der Waals surface area (Å²) in [6.45, 7) is 6.02. The molecular weight excluding hydrogens is 342 g/mol. The molecule has 2 fully saturated rings. The van der Waals surface area contributed by atoms with E-state index in [-0.39, 0.29) is 17.9 Å². The highest BCUT2D eigenvalue weighted by Gasteiger charge is 2.37. The molecule has 27 heavy (non-hydrogen) atoms. The Morgan fingerprint density at radius 1 is 1.07 bits per heavy atom. The van der Waals surface area contributed by atoms with E-state index in [4.69, 9.17) is 4.42 Å². The van der Waals surface area contributed by atoms with Crippen molar-refractivity contribution in [3.05, 3.63) is 59.5 Å². The lowest BCUT2D eigenvalue weighted by Crippen LogP contribution is -2.56. The molecule has 4 rings (SSSR count). The number of amides is 2. The molecular formula is C21H25N3O3. The quantitative estimate of drug-likeness (QED) is 0.834. The summed E-state index contributed by atoms with van der Waals surface area (Å²) in [4.78, 5) is 31.9. The van der Waals surface area contributed by atoms with Gasteiger partial charge in [-0.3, -0.25) is 14.5 Å². The van der Waals surface area contributed by atoms with Gasteiger partial charge in [0.05, 0.1) is 17.9 Å². The first-order chi connectivity index (χ1) is 13.1. The van der Waals surface area contributed by atoms with Gasteiger partial charge in [0.15, 0.2) is 0 Å². The maximum Gasteiger partial charge on any atom is 0.257 e. The highest BCUT2D eigenvalue weighted by Crippen LogP contribution is 2.21. The number of aryl methyl sites for hydroxylation is 1. The van der Waals surface area contributed by atoms with Crippen LogP contribution in [0.3, 0.4) is 0 Å². The van der Waals surface area contributed by atoms with Gasteiger partial charge in [0.2, 0.25) is 5.91 Å². The summed E-state index contributed by atoms with van der Waals surface area (Å²) >= 11 is 0. The minimum atomic E-state index is -0.134. The summed E-state index contributed by atoms with van der Waals surface area (Å²) in [5.74, 6) is 0.820. The normalized spacial score (nSPS) is 21.1. The largest absolute Gasteiger partial charge is 0.469 e. The van der Waals surface area contributed by atoms with Crippen LogP contribution < -0.4 is 0 Å². The van der Waals surface area contributed by atoms with Crippen molar-refractivity contribution in [3.63, 3.8) is 0 Å². The van der Waals surface area contributed by atoms with E-state index in [1.807, 2.05) is 28.0 Å². The van der Waals surface area contributed by atoms with E-state index in [0.29, 0.717) is 37.4 Å². The average Bonchev–Trinajstić information content (AvgIpc) is 2.98. The van der Waals surface area contributed by atoms with Crippen LogP contribution in [0.2, 0.25) is 0 Å². The van der Waals surface area contributed by atoms with Gasteiger partial charge in [-0.2, -0.15) is 0 Å². The van der Waals surface area contributed by atoms with Crippen LogP contribution in [0.15, 0.2) is 47.1 Å². The second-order valence-electron chi connectivity index (χ2n) is 7.27. The molecule has 1 unspecified atom stereocenters. The van der Waals surface area contributed by atoms with Gasteiger partial charge in [0.25, 0.3) is 5.91 Å². The van der Waals surface area contributed by atoms with Gasteiger partial charge in [-0.25, -0.2) is 0 Å². The minimum absolute atomic E-state index is 0.00492. The summed E-state index contributed by atoms with van der Waals surface area (Å²) in [5, 5.41) is 0. The smallest absolute Gasteiger partial charge is 0.257 e. The number of carbonyl (C=O) groups excluding carboxylic acids is 2. The fourth-order valence-corrected chi connectivity index (χ4v) is 4.04. The zero-order chi connectivity index (χ0) is 18.8. The van der Waals surface area contributed by atoms with Gasteiger partial charge >= 0.3 is 0 Å². The third kappa shape index (κ3) is 3.62. The number of carbonyl (C=O) groups is 2. The van der Waals surface area contributed by atoms with E-state index in [2.05, 4.69) is 17.0 Å². The van der Waals surface area contributed by atoms with Crippen LogP contribution in [-0.2, 0) is 11.3 Å². The van der Waals surface area contributed by atoms with Crippen molar-refractivity contribution in [2.45, 2.75) is 25.9 Å². The van der Waals surface area contributed by atoms with Crippen LogP contribution >= 0.6 is 0 Å². The van der Waals surface area contributed by atoms with E-state index in [1.54, 1.807) is 19.3 Å². The second-order valence-corrected chi connectivity index (χ2v) is 7.27. The number of hydrogen-bond donors (Lipinski definition) is 0. The number of rotatable bonds is 3. The predicted molar refractivity (Wildman–Crippen MR) is 101 cm³/mol. The highest BCUT2D eigenvalue weighted by molar-refractivity contribution is 5.95. The van der Waals surface area contributed by atoms with Crippen molar-refractivity contribution < 1.29 is 14.0 Å². The Kier molecular flexibility index (Phi) is 4.99. The molecule has 1 atom stereocenters. The van der Waals surface area contributed by atoms with Crippen LogP contribution in [0.25, 0.3) is 0 Å². The van der Waals surface area contributed by atoms with Gasteiger partial charge in [0.1, 0.15) is 5.76 Å². The molecule has 0 bridgehead atoms. The Bertz CT molecular complexity index is 817. The molecule has 0 radical (unpaired) electrons. The maximum atomic E-state index is 13.0. The molecule has 0 saturated carbocycles. The van der Waals surface area contributed by atoms with Crippen molar-refractivity contribution in [2.24, 2.45) is 0 Å². The molecule has 2 saturated heterocycles. The summed E-state index contributed by atoms with van der Waals surface area (Å²) < 4.78 is 5.27. The molecule has 2 aliphatic heterocycles. The van der Waals surface area contributed by atoms with Crippen LogP contribution in [0.5, 0.6) is 0 Å². The second kappa shape index (κ2) is 7.56. The van der Waals surface area contributed by atoms with E-state index in [1.165, 1.54) is 0 Å². The molecule has 1 aromatic carbocycles. The van der Waals surface area contributed by atoms with Gasteiger partial charge in [-0.15, -0.1) is 0 Å². The monoisotopic (exact) mass is 367 g/mol. The maximum absolute atomic E-state index is 13.0. The average molecular weight is 367 g/mol. The molecule has 0 spiro atoms. The summed E-state index contributed by atoms with van der Waals surface area (Å²) in [6, 6.07) is 11.7. The first kappa shape index (κ1) is 17.8. The Morgan fingerprint density at radius 3 is 2.59 bits per heavy atom. The molecule has 1 aromatic heterocycles. The van der Waals surface area contributed by atoms with Crippen LogP contribution in [-0.4, -0.2) is 65.3 Å². The standard InChI is InChI=1S/C21H25N3O3/c1-16-18(8-14-27-16)20(25)23-9-7-19-21(26)24(13-11-22(19)10-12-23)15-17-5-3-2-4-6-17/h2-6,8,14,19H,7,9-13,15H2,1H3. The van der Waals surface area contributed by atoms with E-state index in [9.17, 15) is 9.59 Å². The van der Waals surface area contributed by atoms with Crippen LogP contribution in [0.1, 0.15) is 28.1 Å². The molecule has 6 heteroatoms. The number of hydrogen-bond acceptors (Lipinski definition) is 4. The molecule has 142 valence electrons. The third-order valence-electron chi connectivity index (χ3n) is 5.62. The number of furan rings is 1. The third-order valence-corrected chi connectivity index (χ3v) is 5.62. The molecule has 0 N–H and O–H groups in total. The Labute approximate surface area is 159 Å². The Morgan fingerprint density at radius 2 is 1.85 bits per heavy atom. The molecule has 2 amide bonds. The molecule has 2 aliphatic rings. The van der Waals surface area contributed by atoms with E-state index in [0.717, 1.165) is 25.2 Å². The minimum Gasteiger partial charge on any atom is -0.469 e. The van der Waals surface area contributed by atoms with E-state index < -0.39 is 0 Å². The van der Waals surface area contributed by atoms with Crippen LogP contribution in [0, 0.1) is 6.92 Å². The highest BCUT2D eigenvalue weighted by atomic mass is 16.3. The van der Waals surface area contributed by atoms with Crippen molar-refractivity contribution in [2.75, 3.05) is 32.7 Å². The van der Waals surface area contributed by atoms with Gasteiger partial charge < -0.3 is 14.2 Å². The summed E-state index contributed by atoms with van der Waals surface area (Å²) in [5.41, 5.74) is 1.77. The summed E-state index contributed by atoms with van der Waals surface area (Å²) in [7, 11) is 0. The lowest BCUT2D eigenvalue weighted by atomic mass is 10.1. The number of fused-ring (bicyclic) bond motifs is 1. The number of benzene rings is 1. The van der Waals surface area contributed by atoms with Crippen molar-refractivity contribution in [1.29, 1.82) is 0 Å². The Balaban J connectivity index is 1.43. The topological polar surface area (TPSA) is 57.0 Å². The summed E-state index contributed by atoms with van der Waals surface area (Å²) in [6.07, 6.45) is 2.22. The fourth-order valence-electron chi connectivity index (χ4n) is 4.04. The van der Waals surface area contributed by atoms with Gasteiger partial charge in [-0.1, -0.05) is 30.3 Å². The van der Waals surface area contributed by atoms with Crippen molar-refractivity contribution >= 4 is 11.8 Å². The first-order valence-electron chi connectivity index (χ1n) is 9.53. The zero-order valence-corrected chi connectivity index (χ0v) is 15.6. The van der Waals surface area contributed by atoms with Crippen molar-refractivity contribution in [3.8, 4) is 0 Å². The zero-order valence-electron chi connectivity index (χ0n) is 15.6.